The summed E-state index contributed by atoms with van der Waals surface area (Å²) < 4.78 is 13.5. The van der Waals surface area contributed by atoms with Gasteiger partial charge in [-0.15, -0.1) is 11.6 Å². The van der Waals surface area contributed by atoms with E-state index in [1.807, 2.05) is 11.8 Å². The van der Waals surface area contributed by atoms with Crippen LogP contribution < -0.4 is 4.90 Å². The third kappa shape index (κ3) is 3.50. The summed E-state index contributed by atoms with van der Waals surface area (Å²) in [5.74, 6) is 0.368. The zero-order chi connectivity index (χ0) is 11.3. The Balaban J connectivity index is 2.89. The Hall–Kier alpha value is -0.540. The lowest BCUT2D eigenvalue weighted by Gasteiger charge is -2.22. The molecule has 0 bridgehead atoms. The first-order valence-electron chi connectivity index (χ1n) is 4.81. The fourth-order valence-electron chi connectivity index (χ4n) is 1.34. The van der Waals surface area contributed by atoms with E-state index in [1.165, 1.54) is 12.3 Å². The van der Waals surface area contributed by atoms with E-state index in [9.17, 15) is 4.39 Å². The van der Waals surface area contributed by atoms with Crippen LogP contribution in [0.3, 0.4) is 0 Å². The van der Waals surface area contributed by atoms with Crippen molar-refractivity contribution in [3.8, 4) is 0 Å². The molecular weight excluding hydrogens is 238 g/mol. The van der Waals surface area contributed by atoms with Crippen molar-refractivity contribution < 1.29 is 4.39 Å². The summed E-state index contributed by atoms with van der Waals surface area (Å²) in [5.41, 5.74) is 0. The molecule has 0 N–H and O–H groups in total. The highest BCUT2D eigenvalue weighted by molar-refractivity contribution is 6.30. The van der Waals surface area contributed by atoms with Crippen LogP contribution in [0.25, 0.3) is 0 Å². The van der Waals surface area contributed by atoms with E-state index in [-0.39, 0.29) is 0 Å². The van der Waals surface area contributed by atoms with Crippen LogP contribution in [0, 0.1) is 5.82 Å². The molecule has 0 unspecified atom stereocenters. The fraction of sp³-hybridized carbons (Fsp3) is 0.500. The van der Waals surface area contributed by atoms with Gasteiger partial charge in [-0.3, -0.25) is 0 Å². The lowest BCUT2D eigenvalue weighted by Crippen LogP contribution is -2.28. The van der Waals surface area contributed by atoms with E-state index < -0.39 is 5.82 Å². The second-order valence-electron chi connectivity index (χ2n) is 3.13. The van der Waals surface area contributed by atoms with Gasteiger partial charge < -0.3 is 4.90 Å². The standard InChI is InChI=1S/C10H13Cl2FN2/c1-2-4-15(5-3-11)10-9(13)6-8(12)7-14-10/h6-7H,2-5H2,1H3. The maximum Gasteiger partial charge on any atom is 0.167 e. The van der Waals surface area contributed by atoms with E-state index in [0.29, 0.717) is 23.3 Å². The van der Waals surface area contributed by atoms with Crippen molar-refractivity contribution in [2.75, 3.05) is 23.9 Å². The summed E-state index contributed by atoms with van der Waals surface area (Å²) in [5, 5.41) is 0.304. The number of alkyl halides is 1. The van der Waals surface area contributed by atoms with E-state index in [0.717, 1.165) is 13.0 Å². The minimum atomic E-state index is -0.402. The zero-order valence-corrected chi connectivity index (χ0v) is 10.0. The van der Waals surface area contributed by atoms with E-state index in [2.05, 4.69) is 4.98 Å². The van der Waals surface area contributed by atoms with Crippen molar-refractivity contribution in [2.24, 2.45) is 0 Å². The Morgan fingerprint density at radius 1 is 1.47 bits per heavy atom. The molecule has 0 aliphatic heterocycles. The minimum absolute atomic E-state index is 0.304. The highest BCUT2D eigenvalue weighted by atomic mass is 35.5. The Bertz CT molecular complexity index is 314. The van der Waals surface area contributed by atoms with Gasteiger partial charge >= 0.3 is 0 Å². The molecule has 0 amide bonds. The van der Waals surface area contributed by atoms with Crippen molar-refractivity contribution in [3.63, 3.8) is 0 Å². The lowest BCUT2D eigenvalue weighted by molar-refractivity contribution is 0.609. The lowest BCUT2D eigenvalue weighted by atomic mass is 10.3. The maximum absolute atomic E-state index is 13.5. The molecule has 5 heteroatoms. The molecule has 0 saturated carbocycles. The Morgan fingerprint density at radius 2 is 2.20 bits per heavy atom. The van der Waals surface area contributed by atoms with Gasteiger partial charge in [0.25, 0.3) is 0 Å². The first-order chi connectivity index (χ1) is 7.19. The number of halogens is 3. The molecule has 0 aliphatic rings. The smallest absolute Gasteiger partial charge is 0.167 e. The minimum Gasteiger partial charge on any atom is -0.353 e. The molecule has 2 nitrogen and oxygen atoms in total. The summed E-state index contributed by atoms with van der Waals surface area (Å²) in [6.07, 6.45) is 2.36. The van der Waals surface area contributed by atoms with E-state index in [1.54, 1.807) is 0 Å². The van der Waals surface area contributed by atoms with Gasteiger partial charge in [0.15, 0.2) is 11.6 Å². The van der Waals surface area contributed by atoms with Crippen molar-refractivity contribution >= 4 is 29.0 Å². The van der Waals surface area contributed by atoms with Crippen LogP contribution in [0.15, 0.2) is 12.3 Å². The summed E-state index contributed by atoms with van der Waals surface area (Å²) in [4.78, 5) is 5.79. The molecule has 84 valence electrons. The zero-order valence-electron chi connectivity index (χ0n) is 8.51. The number of aromatic nitrogens is 1. The highest BCUT2D eigenvalue weighted by Gasteiger charge is 2.12. The van der Waals surface area contributed by atoms with Crippen LogP contribution in [0.5, 0.6) is 0 Å². The molecule has 1 rings (SSSR count). The molecule has 0 radical (unpaired) electrons. The number of hydrogen-bond acceptors (Lipinski definition) is 2. The van der Waals surface area contributed by atoms with Gasteiger partial charge in [-0.25, -0.2) is 9.37 Å². The fourth-order valence-corrected chi connectivity index (χ4v) is 1.68. The number of anilines is 1. The summed E-state index contributed by atoms with van der Waals surface area (Å²) >= 11 is 11.3. The van der Waals surface area contributed by atoms with Crippen molar-refractivity contribution in [3.05, 3.63) is 23.1 Å². The Morgan fingerprint density at radius 3 is 2.73 bits per heavy atom. The summed E-state index contributed by atoms with van der Waals surface area (Å²) in [6.45, 7) is 3.34. The molecule has 0 spiro atoms. The van der Waals surface area contributed by atoms with Gasteiger partial charge in [0.1, 0.15) is 0 Å². The van der Waals surface area contributed by atoms with Crippen molar-refractivity contribution in [1.82, 2.24) is 4.98 Å². The number of pyridine rings is 1. The molecule has 15 heavy (non-hydrogen) atoms. The molecule has 0 saturated heterocycles. The quantitative estimate of drug-likeness (QED) is 0.746. The average molecular weight is 251 g/mol. The second-order valence-corrected chi connectivity index (χ2v) is 3.95. The Labute approximate surface area is 99.0 Å². The predicted octanol–water partition coefficient (Wildman–Crippen LogP) is 3.33. The van der Waals surface area contributed by atoms with Gasteiger partial charge in [0.2, 0.25) is 0 Å². The Kier molecular flexibility index (Phi) is 5.12. The molecule has 1 aromatic rings. The van der Waals surface area contributed by atoms with Crippen LogP contribution in [-0.2, 0) is 0 Å². The van der Waals surface area contributed by atoms with Gasteiger partial charge in [0.05, 0.1) is 5.02 Å². The number of rotatable bonds is 5. The van der Waals surface area contributed by atoms with Gasteiger partial charge in [0, 0.05) is 25.2 Å². The molecule has 1 heterocycles. The van der Waals surface area contributed by atoms with Crippen LogP contribution >= 0.6 is 23.2 Å². The first-order valence-corrected chi connectivity index (χ1v) is 5.72. The molecule has 1 aromatic heterocycles. The van der Waals surface area contributed by atoms with Gasteiger partial charge in [-0.05, 0) is 12.5 Å². The monoisotopic (exact) mass is 250 g/mol. The predicted molar refractivity (Wildman–Crippen MR) is 62.4 cm³/mol. The normalized spacial score (nSPS) is 10.4. The van der Waals surface area contributed by atoms with Crippen LogP contribution in [-0.4, -0.2) is 24.0 Å². The number of hydrogen-bond donors (Lipinski definition) is 0. The third-order valence-corrected chi connectivity index (χ3v) is 2.31. The van der Waals surface area contributed by atoms with Gasteiger partial charge in [-0.2, -0.15) is 0 Å². The van der Waals surface area contributed by atoms with Crippen LogP contribution in [0.2, 0.25) is 5.02 Å². The maximum atomic E-state index is 13.5. The summed E-state index contributed by atoms with van der Waals surface area (Å²) in [7, 11) is 0. The van der Waals surface area contributed by atoms with E-state index >= 15 is 0 Å². The molecule has 0 aromatic carbocycles. The third-order valence-electron chi connectivity index (χ3n) is 1.94. The highest BCUT2D eigenvalue weighted by Crippen LogP contribution is 2.19. The molecule has 0 fully saturated rings. The number of nitrogens with zero attached hydrogens (tertiary/aromatic N) is 2. The van der Waals surface area contributed by atoms with Crippen LogP contribution in [0.1, 0.15) is 13.3 Å². The molecule has 0 atom stereocenters. The SMILES string of the molecule is CCCN(CCCl)c1ncc(Cl)cc1F. The van der Waals surface area contributed by atoms with Crippen LogP contribution in [0.4, 0.5) is 10.2 Å². The van der Waals surface area contributed by atoms with Crippen molar-refractivity contribution in [2.45, 2.75) is 13.3 Å². The summed E-state index contributed by atoms with van der Waals surface area (Å²) in [6, 6.07) is 1.26. The largest absolute Gasteiger partial charge is 0.353 e. The van der Waals surface area contributed by atoms with E-state index in [4.69, 9.17) is 23.2 Å². The second kappa shape index (κ2) is 6.13. The van der Waals surface area contributed by atoms with Crippen molar-refractivity contribution in [1.29, 1.82) is 0 Å². The molecule has 0 aliphatic carbocycles. The molecular formula is C10H13Cl2FN2. The first kappa shape index (κ1) is 12.5. The topological polar surface area (TPSA) is 16.1 Å². The average Bonchev–Trinajstić information content (AvgIpc) is 2.17. The van der Waals surface area contributed by atoms with Gasteiger partial charge in [-0.1, -0.05) is 18.5 Å².